The fourth-order valence-corrected chi connectivity index (χ4v) is 9.32. The smallest absolute Gasteiger partial charge is 0.0181 e. The van der Waals surface area contributed by atoms with Crippen LogP contribution in [0.25, 0.3) is 68.3 Å². The third-order valence-electron chi connectivity index (χ3n) is 10.3. The molecule has 0 saturated heterocycles. The molecule has 0 saturated carbocycles. The summed E-state index contributed by atoms with van der Waals surface area (Å²) in [5.41, 5.74) is 22.6. The predicted molar refractivity (Wildman–Crippen MR) is 226 cm³/mol. The van der Waals surface area contributed by atoms with Gasteiger partial charge in [0.1, 0.15) is 0 Å². The standard InChI is InChI=1S/C48H27Br3/c49-31-16-19-34-37(25-31)40(22-28-10-4-1-5-11-28)46-43(34)47-42(24-30-14-8-3-9-15-30)39-27-33(51)18-21-36(39)45(47)48-41(23-29-12-6-2-7-13-29)38-26-32(50)17-20-35(38)44(46)48/h1-27H/b40-22+,41-23+,42-24+. The highest BCUT2D eigenvalue weighted by Gasteiger charge is 2.42. The van der Waals surface area contributed by atoms with Crippen LogP contribution >= 0.6 is 47.8 Å². The van der Waals surface area contributed by atoms with E-state index in [-0.39, 0.29) is 0 Å². The van der Waals surface area contributed by atoms with Crippen molar-refractivity contribution in [1.29, 1.82) is 0 Å². The molecule has 0 heterocycles. The van der Waals surface area contributed by atoms with Crippen molar-refractivity contribution in [3.05, 3.63) is 209 Å². The Labute approximate surface area is 322 Å². The molecule has 0 spiro atoms. The van der Waals surface area contributed by atoms with Crippen LogP contribution < -0.4 is 0 Å². The Balaban J connectivity index is 1.43. The molecule has 240 valence electrons. The first-order chi connectivity index (χ1) is 25.0. The van der Waals surface area contributed by atoms with Crippen molar-refractivity contribution >= 4 is 82.7 Å². The minimum atomic E-state index is 1.07. The Bertz CT molecular complexity index is 2360. The van der Waals surface area contributed by atoms with Crippen molar-refractivity contribution in [1.82, 2.24) is 0 Å². The van der Waals surface area contributed by atoms with E-state index in [1.54, 1.807) is 0 Å². The molecule has 3 heteroatoms. The molecule has 0 nitrogen and oxygen atoms in total. The van der Waals surface area contributed by atoms with E-state index in [1.165, 1.54) is 100 Å². The number of hydrogen-bond donors (Lipinski definition) is 0. The van der Waals surface area contributed by atoms with Crippen molar-refractivity contribution in [3.63, 3.8) is 0 Å². The molecule has 0 bridgehead atoms. The highest BCUT2D eigenvalue weighted by molar-refractivity contribution is 9.11. The van der Waals surface area contributed by atoms with Crippen LogP contribution in [-0.4, -0.2) is 0 Å². The molecule has 3 aliphatic carbocycles. The van der Waals surface area contributed by atoms with Crippen molar-refractivity contribution in [3.8, 4) is 33.4 Å². The van der Waals surface area contributed by atoms with Crippen LogP contribution in [0.4, 0.5) is 0 Å². The first kappa shape index (κ1) is 31.0. The zero-order valence-electron chi connectivity index (χ0n) is 27.2. The van der Waals surface area contributed by atoms with E-state index in [2.05, 4.69) is 212 Å². The first-order valence-corrected chi connectivity index (χ1v) is 19.4. The van der Waals surface area contributed by atoms with Gasteiger partial charge in [0.2, 0.25) is 0 Å². The summed E-state index contributed by atoms with van der Waals surface area (Å²) < 4.78 is 3.22. The lowest BCUT2D eigenvalue weighted by Gasteiger charge is -2.19. The maximum atomic E-state index is 3.86. The summed E-state index contributed by atoms with van der Waals surface area (Å²) in [6.45, 7) is 0. The average Bonchev–Trinajstić information content (AvgIpc) is 3.74. The van der Waals surface area contributed by atoms with Crippen LogP contribution in [0.5, 0.6) is 0 Å². The van der Waals surface area contributed by atoms with Gasteiger partial charge in [0.05, 0.1) is 0 Å². The molecule has 0 amide bonds. The van der Waals surface area contributed by atoms with Crippen LogP contribution in [-0.2, 0) is 0 Å². The van der Waals surface area contributed by atoms with Gasteiger partial charge in [-0.25, -0.2) is 0 Å². The number of hydrogen-bond acceptors (Lipinski definition) is 0. The fourth-order valence-electron chi connectivity index (χ4n) is 8.24. The summed E-state index contributed by atoms with van der Waals surface area (Å²) in [6, 6.07) is 52.7. The molecule has 0 fully saturated rings. The van der Waals surface area contributed by atoms with Gasteiger partial charge in [-0.2, -0.15) is 0 Å². The SMILES string of the molecule is Brc1ccc2c(c1)/C(=C\c1ccccc1)c1c-2c2c(c3c1-c1ccc(Br)cc1/C3=C\c1ccccc1)-c1ccc(Br)cc1/C2=C\c1ccccc1. The first-order valence-electron chi connectivity index (χ1n) is 17.0. The minimum absolute atomic E-state index is 1.07. The molecule has 3 aliphatic rings. The lowest BCUT2D eigenvalue weighted by Crippen LogP contribution is -1.97. The third-order valence-corrected chi connectivity index (χ3v) is 11.7. The molecule has 0 radical (unpaired) electrons. The number of fused-ring (bicyclic) bond motifs is 12. The van der Waals surface area contributed by atoms with Gasteiger partial charge < -0.3 is 0 Å². The van der Waals surface area contributed by atoms with Gasteiger partial charge in [-0.1, -0.05) is 157 Å². The van der Waals surface area contributed by atoms with Crippen LogP contribution in [0.15, 0.2) is 159 Å². The summed E-state index contributed by atoms with van der Waals surface area (Å²) in [5.74, 6) is 0. The largest absolute Gasteiger partial charge is 0.0622 e. The monoisotopic (exact) mass is 840 g/mol. The van der Waals surface area contributed by atoms with Gasteiger partial charge in [0, 0.05) is 13.4 Å². The normalized spacial score (nSPS) is 15.5. The van der Waals surface area contributed by atoms with Gasteiger partial charge in [-0.3, -0.25) is 0 Å². The van der Waals surface area contributed by atoms with Crippen LogP contribution in [0.3, 0.4) is 0 Å². The summed E-state index contributed by atoms with van der Waals surface area (Å²) in [4.78, 5) is 0. The van der Waals surface area contributed by atoms with Gasteiger partial charge >= 0.3 is 0 Å². The highest BCUT2D eigenvalue weighted by Crippen LogP contribution is 2.64. The zero-order chi connectivity index (χ0) is 34.2. The number of rotatable bonds is 3. The second-order valence-corrected chi connectivity index (χ2v) is 16.0. The lowest BCUT2D eigenvalue weighted by molar-refractivity contribution is 1.57. The Morgan fingerprint density at radius 3 is 0.824 bits per heavy atom. The van der Waals surface area contributed by atoms with Gasteiger partial charge in [0.15, 0.2) is 0 Å². The van der Waals surface area contributed by atoms with Crippen molar-refractivity contribution in [2.75, 3.05) is 0 Å². The van der Waals surface area contributed by atoms with E-state index in [1.807, 2.05) is 0 Å². The summed E-state index contributed by atoms with van der Waals surface area (Å²) >= 11 is 11.6. The van der Waals surface area contributed by atoms with E-state index < -0.39 is 0 Å². The molecule has 10 rings (SSSR count). The molecular formula is C48H27Br3. The molecule has 7 aromatic carbocycles. The average molecular weight is 843 g/mol. The maximum absolute atomic E-state index is 3.86. The van der Waals surface area contributed by atoms with Crippen LogP contribution in [0, 0.1) is 0 Å². The van der Waals surface area contributed by atoms with Gasteiger partial charge in [-0.15, -0.1) is 0 Å². The Morgan fingerprint density at radius 2 is 0.549 bits per heavy atom. The van der Waals surface area contributed by atoms with Crippen molar-refractivity contribution in [2.24, 2.45) is 0 Å². The minimum Gasteiger partial charge on any atom is -0.0622 e. The molecule has 0 unspecified atom stereocenters. The van der Waals surface area contributed by atoms with Crippen LogP contribution in [0.2, 0.25) is 0 Å². The molecule has 0 aromatic heterocycles. The van der Waals surface area contributed by atoms with Gasteiger partial charge in [-0.05, 0) is 155 Å². The van der Waals surface area contributed by atoms with E-state index in [0.29, 0.717) is 0 Å². The Hall–Kier alpha value is -4.80. The third kappa shape index (κ3) is 4.98. The quantitative estimate of drug-likeness (QED) is 0.166. The van der Waals surface area contributed by atoms with Crippen molar-refractivity contribution in [2.45, 2.75) is 0 Å². The highest BCUT2D eigenvalue weighted by atomic mass is 79.9. The summed E-state index contributed by atoms with van der Waals surface area (Å²) in [5, 5.41) is 0. The Kier molecular flexibility index (Phi) is 7.39. The summed E-state index contributed by atoms with van der Waals surface area (Å²) in [6.07, 6.45) is 7.17. The van der Waals surface area contributed by atoms with E-state index in [0.717, 1.165) is 13.4 Å². The molecular weight excluding hydrogens is 816 g/mol. The van der Waals surface area contributed by atoms with E-state index in [9.17, 15) is 0 Å². The molecule has 51 heavy (non-hydrogen) atoms. The molecule has 0 atom stereocenters. The molecule has 0 aliphatic heterocycles. The maximum Gasteiger partial charge on any atom is 0.0181 e. The fraction of sp³-hybridized carbons (Fsp3) is 0. The topological polar surface area (TPSA) is 0 Å². The number of benzene rings is 7. The molecule has 0 N–H and O–H groups in total. The van der Waals surface area contributed by atoms with Crippen molar-refractivity contribution < 1.29 is 0 Å². The van der Waals surface area contributed by atoms with Crippen LogP contribution in [0.1, 0.15) is 50.1 Å². The van der Waals surface area contributed by atoms with E-state index >= 15 is 0 Å². The van der Waals surface area contributed by atoms with Gasteiger partial charge in [0.25, 0.3) is 0 Å². The second kappa shape index (κ2) is 12.2. The predicted octanol–water partition coefficient (Wildman–Crippen LogP) is 14.7. The second-order valence-electron chi connectivity index (χ2n) is 13.2. The molecule has 7 aromatic rings. The number of halogens is 3. The zero-order valence-corrected chi connectivity index (χ0v) is 32.0. The summed E-state index contributed by atoms with van der Waals surface area (Å²) in [7, 11) is 0. The Morgan fingerprint density at radius 1 is 0.275 bits per heavy atom. The van der Waals surface area contributed by atoms with E-state index in [4.69, 9.17) is 0 Å². The lowest BCUT2D eigenvalue weighted by atomic mass is 9.83.